The quantitative estimate of drug-likeness (QED) is 0.628. The maximum Gasteiger partial charge on any atom is 0.259 e. The molecule has 0 bridgehead atoms. The summed E-state index contributed by atoms with van der Waals surface area (Å²) in [6.07, 6.45) is 0.886. The zero-order valence-electron chi connectivity index (χ0n) is 15.9. The number of benzene rings is 2. The first kappa shape index (κ1) is 18.1. The van der Waals surface area contributed by atoms with Crippen molar-refractivity contribution in [2.24, 2.45) is 0 Å². The van der Waals surface area contributed by atoms with E-state index in [1.54, 1.807) is 13.0 Å². The van der Waals surface area contributed by atoms with Crippen molar-refractivity contribution in [2.75, 3.05) is 19.9 Å². The van der Waals surface area contributed by atoms with Gasteiger partial charge in [0.2, 0.25) is 6.79 Å². The molecule has 1 aromatic heterocycles. The van der Waals surface area contributed by atoms with E-state index in [1.165, 1.54) is 0 Å². The lowest BCUT2D eigenvalue weighted by Crippen LogP contribution is -2.29. The molecule has 5 rings (SSSR count). The van der Waals surface area contributed by atoms with Crippen molar-refractivity contribution in [3.8, 4) is 22.8 Å². The van der Waals surface area contributed by atoms with Crippen molar-refractivity contribution < 1.29 is 18.8 Å². The normalized spacial score (nSPS) is 17.7. The summed E-state index contributed by atoms with van der Waals surface area (Å²) in [4.78, 5) is 15.2. The lowest BCUT2D eigenvalue weighted by molar-refractivity contribution is 0.0789. The maximum absolute atomic E-state index is 13.3. The minimum absolute atomic E-state index is 0.0816. The second-order valence-electron chi connectivity index (χ2n) is 7.29. The van der Waals surface area contributed by atoms with E-state index < -0.39 is 0 Å². The molecule has 1 saturated heterocycles. The standard InChI is InChI=1S/C22H19ClN2O4/c1-13-20(21(24-29-13)16-4-2-3-5-17(16)23)22(26)25-9-8-15(11-25)14-6-7-18-19(10-14)28-12-27-18/h2-7,10,15H,8-9,11-12H2,1H3/t15-/m0/s1. The molecule has 1 atom stereocenters. The van der Waals surface area contributed by atoms with Crippen molar-refractivity contribution in [1.82, 2.24) is 10.1 Å². The average Bonchev–Trinajstić information content (AvgIpc) is 3.47. The Morgan fingerprint density at radius 2 is 2.00 bits per heavy atom. The molecule has 1 amide bonds. The molecule has 2 aliphatic heterocycles. The van der Waals surface area contributed by atoms with Gasteiger partial charge < -0.3 is 18.9 Å². The fraction of sp³-hybridized carbons (Fsp3) is 0.273. The number of halogens is 1. The molecule has 148 valence electrons. The van der Waals surface area contributed by atoms with Gasteiger partial charge in [-0.2, -0.15) is 0 Å². The molecule has 0 N–H and O–H groups in total. The third kappa shape index (κ3) is 3.13. The number of aryl methyl sites for hydroxylation is 1. The number of nitrogens with zero attached hydrogens (tertiary/aromatic N) is 2. The third-order valence-electron chi connectivity index (χ3n) is 5.55. The van der Waals surface area contributed by atoms with Gasteiger partial charge in [-0.25, -0.2) is 0 Å². The van der Waals surface area contributed by atoms with Gasteiger partial charge in [-0.05, 0) is 37.1 Å². The first-order valence-corrected chi connectivity index (χ1v) is 9.89. The Bertz CT molecular complexity index is 1090. The molecular weight excluding hydrogens is 392 g/mol. The summed E-state index contributed by atoms with van der Waals surface area (Å²) in [5.41, 5.74) is 2.81. The Morgan fingerprint density at radius 3 is 2.86 bits per heavy atom. The predicted octanol–water partition coefficient (Wildman–Crippen LogP) is 4.66. The smallest absolute Gasteiger partial charge is 0.259 e. The molecule has 29 heavy (non-hydrogen) atoms. The minimum atomic E-state index is -0.0816. The number of rotatable bonds is 3. The van der Waals surface area contributed by atoms with E-state index in [0.717, 1.165) is 23.5 Å². The van der Waals surface area contributed by atoms with Crippen molar-refractivity contribution >= 4 is 17.5 Å². The van der Waals surface area contributed by atoms with Crippen LogP contribution in [0.5, 0.6) is 11.5 Å². The fourth-order valence-corrected chi connectivity index (χ4v) is 4.23. The summed E-state index contributed by atoms with van der Waals surface area (Å²) in [6.45, 7) is 3.31. The number of fused-ring (bicyclic) bond motifs is 1. The lowest BCUT2D eigenvalue weighted by Gasteiger charge is -2.17. The number of likely N-dealkylation sites (tertiary alicyclic amines) is 1. The number of aromatic nitrogens is 1. The van der Waals surface area contributed by atoms with Gasteiger partial charge in [-0.15, -0.1) is 0 Å². The second-order valence-corrected chi connectivity index (χ2v) is 7.70. The first-order chi connectivity index (χ1) is 14.1. The highest BCUT2D eigenvalue weighted by Crippen LogP contribution is 2.38. The Morgan fingerprint density at radius 1 is 1.17 bits per heavy atom. The molecule has 0 spiro atoms. The highest BCUT2D eigenvalue weighted by atomic mass is 35.5. The van der Waals surface area contributed by atoms with E-state index in [-0.39, 0.29) is 18.6 Å². The van der Waals surface area contributed by atoms with Gasteiger partial charge in [-0.1, -0.05) is 41.0 Å². The molecule has 3 heterocycles. The average molecular weight is 411 g/mol. The van der Waals surface area contributed by atoms with E-state index in [1.807, 2.05) is 41.3 Å². The first-order valence-electron chi connectivity index (χ1n) is 9.52. The monoisotopic (exact) mass is 410 g/mol. The minimum Gasteiger partial charge on any atom is -0.454 e. The fourth-order valence-electron chi connectivity index (χ4n) is 4.00. The summed E-state index contributed by atoms with van der Waals surface area (Å²) in [7, 11) is 0. The number of ether oxygens (including phenoxy) is 2. The van der Waals surface area contributed by atoms with Gasteiger partial charge in [0.1, 0.15) is 17.0 Å². The maximum atomic E-state index is 13.3. The van der Waals surface area contributed by atoms with Crippen LogP contribution in [-0.4, -0.2) is 35.8 Å². The predicted molar refractivity (Wildman–Crippen MR) is 108 cm³/mol. The summed E-state index contributed by atoms with van der Waals surface area (Å²) in [5, 5.41) is 4.66. The molecule has 2 aliphatic rings. The molecule has 7 heteroatoms. The van der Waals surface area contributed by atoms with E-state index in [2.05, 4.69) is 5.16 Å². The molecule has 6 nitrogen and oxygen atoms in total. The van der Waals surface area contributed by atoms with Crippen LogP contribution in [0.2, 0.25) is 5.02 Å². The summed E-state index contributed by atoms with van der Waals surface area (Å²) in [5.74, 6) is 2.20. The summed E-state index contributed by atoms with van der Waals surface area (Å²) < 4.78 is 16.2. The van der Waals surface area contributed by atoms with E-state index >= 15 is 0 Å². The van der Waals surface area contributed by atoms with Gasteiger partial charge in [0.05, 0.1) is 5.02 Å². The van der Waals surface area contributed by atoms with Crippen LogP contribution in [0, 0.1) is 6.92 Å². The summed E-state index contributed by atoms with van der Waals surface area (Å²) >= 11 is 6.33. The molecule has 0 unspecified atom stereocenters. The molecular formula is C22H19ClN2O4. The topological polar surface area (TPSA) is 64.8 Å². The molecule has 2 aromatic carbocycles. The van der Waals surface area contributed by atoms with Crippen LogP contribution in [0.25, 0.3) is 11.3 Å². The van der Waals surface area contributed by atoms with Crippen LogP contribution in [-0.2, 0) is 0 Å². The van der Waals surface area contributed by atoms with Crippen molar-refractivity contribution in [3.05, 3.63) is 64.4 Å². The van der Waals surface area contributed by atoms with Crippen LogP contribution in [0.4, 0.5) is 0 Å². The highest BCUT2D eigenvalue weighted by molar-refractivity contribution is 6.33. The van der Waals surface area contributed by atoms with Crippen LogP contribution < -0.4 is 9.47 Å². The molecule has 0 radical (unpaired) electrons. The molecule has 0 aliphatic carbocycles. The molecule has 0 saturated carbocycles. The van der Waals surface area contributed by atoms with Crippen molar-refractivity contribution in [1.29, 1.82) is 0 Å². The van der Waals surface area contributed by atoms with Crippen LogP contribution >= 0.6 is 11.6 Å². The Balaban J connectivity index is 1.40. The Kier molecular flexibility index (Phi) is 4.43. The van der Waals surface area contributed by atoms with E-state index in [9.17, 15) is 4.79 Å². The Hall–Kier alpha value is -2.99. The third-order valence-corrected chi connectivity index (χ3v) is 5.88. The Labute approximate surface area is 173 Å². The van der Waals surface area contributed by atoms with Crippen molar-refractivity contribution in [2.45, 2.75) is 19.3 Å². The second kappa shape index (κ2) is 7.12. The molecule has 3 aromatic rings. The van der Waals surface area contributed by atoms with Crippen LogP contribution in [0.1, 0.15) is 34.0 Å². The van der Waals surface area contributed by atoms with Crippen LogP contribution in [0.3, 0.4) is 0 Å². The SMILES string of the molecule is Cc1onc(-c2ccccc2Cl)c1C(=O)N1CC[C@H](c2ccc3c(c2)OCO3)C1. The number of carbonyl (C=O) groups is 1. The van der Waals surface area contributed by atoms with Gasteiger partial charge in [-0.3, -0.25) is 4.79 Å². The zero-order valence-corrected chi connectivity index (χ0v) is 16.6. The number of hydrogen-bond donors (Lipinski definition) is 0. The highest BCUT2D eigenvalue weighted by Gasteiger charge is 2.33. The largest absolute Gasteiger partial charge is 0.454 e. The number of amides is 1. The van der Waals surface area contributed by atoms with Crippen LogP contribution in [0.15, 0.2) is 47.0 Å². The van der Waals surface area contributed by atoms with Gasteiger partial charge in [0.25, 0.3) is 5.91 Å². The van der Waals surface area contributed by atoms with Gasteiger partial charge in [0, 0.05) is 24.6 Å². The van der Waals surface area contributed by atoms with E-state index in [0.29, 0.717) is 40.7 Å². The number of carbonyl (C=O) groups excluding carboxylic acids is 1. The molecule has 1 fully saturated rings. The van der Waals surface area contributed by atoms with Gasteiger partial charge in [0.15, 0.2) is 11.5 Å². The lowest BCUT2D eigenvalue weighted by atomic mass is 9.98. The number of hydrogen-bond acceptors (Lipinski definition) is 5. The zero-order chi connectivity index (χ0) is 20.0. The van der Waals surface area contributed by atoms with E-state index in [4.69, 9.17) is 25.6 Å². The summed E-state index contributed by atoms with van der Waals surface area (Å²) in [6, 6.07) is 13.3. The van der Waals surface area contributed by atoms with Crippen molar-refractivity contribution in [3.63, 3.8) is 0 Å². The van der Waals surface area contributed by atoms with Gasteiger partial charge >= 0.3 is 0 Å².